The van der Waals surface area contributed by atoms with Crippen molar-refractivity contribution in [2.75, 3.05) is 0 Å². The molecule has 0 fully saturated rings. The fraction of sp³-hybridized carbons (Fsp3) is 0.867. The minimum atomic E-state index is -4.15. The van der Waals surface area contributed by atoms with Crippen LogP contribution in [0.5, 0.6) is 0 Å². The van der Waals surface area contributed by atoms with Gasteiger partial charge in [0.15, 0.2) is 0 Å². The third-order valence-corrected chi connectivity index (χ3v) is 5.22. The number of rotatable bonds is 11. The van der Waals surface area contributed by atoms with Crippen LogP contribution in [0.1, 0.15) is 72.6 Å². The molecule has 0 atom stereocenters. The summed E-state index contributed by atoms with van der Waals surface area (Å²) in [6.45, 7) is 6.91. The largest absolute Gasteiger partial charge is 0.425 e. The Hall–Kier alpha value is -1.13. The van der Waals surface area contributed by atoms with Gasteiger partial charge in [-0.3, -0.25) is 14.1 Å². The summed E-state index contributed by atoms with van der Waals surface area (Å²) in [5.74, 6) is 0.608. The molecule has 0 heterocycles. The van der Waals surface area contributed by atoms with E-state index < -0.39 is 25.5 Å². The lowest BCUT2D eigenvalue weighted by molar-refractivity contribution is -0.120. The molecule has 0 aliphatic carbocycles. The highest BCUT2D eigenvalue weighted by atomic mass is 32.2. The summed E-state index contributed by atoms with van der Waals surface area (Å²) in [4.78, 5) is 23.2. The van der Waals surface area contributed by atoms with E-state index in [0.29, 0.717) is 25.2 Å². The highest BCUT2D eigenvalue weighted by Gasteiger charge is 2.32. The summed E-state index contributed by atoms with van der Waals surface area (Å²) in [7, 11) is -7.26. The summed E-state index contributed by atoms with van der Waals surface area (Å²) in [6, 6.07) is 0. The Bertz CT molecular complexity index is 623. The predicted octanol–water partition coefficient (Wildman–Crippen LogP) is 2.17. The minimum Gasteiger partial charge on any atom is -0.300 e. The molecule has 0 radical (unpaired) electrons. The lowest BCUT2D eigenvalue weighted by atomic mass is 9.99. The molecule has 0 spiro atoms. The van der Waals surface area contributed by atoms with Gasteiger partial charge in [-0.15, -0.1) is 12.6 Å². The number of hydrogen-bond donors (Lipinski definition) is 1. The van der Waals surface area contributed by atoms with Gasteiger partial charge in [0.25, 0.3) is 10.1 Å². The van der Waals surface area contributed by atoms with E-state index in [4.69, 9.17) is 17.2 Å². The maximum atomic E-state index is 11.7. The van der Waals surface area contributed by atoms with Crippen molar-refractivity contribution in [3.63, 3.8) is 0 Å². The van der Waals surface area contributed by atoms with Crippen molar-refractivity contribution in [2.45, 2.75) is 77.4 Å². The second-order valence-corrected chi connectivity index (χ2v) is 9.27. The molecule has 0 rings (SSSR count). The average molecular weight is 401 g/mol. The van der Waals surface area contributed by atoms with E-state index in [-0.39, 0.29) is 30.8 Å². The molecule has 1 N–H and O–H groups in total. The van der Waals surface area contributed by atoms with Crippen LogP contribution in [-0.2, 0) is 30.3 Å². The van der Waals surface area contributed by atoms with Crippen molar-refractivity contribution in [3.05, 3.63) is 0 Å². The summed E-state index contributed by atoms with van der Waals surface area (Å²) in [5.41, 5.74) is 0. The van der Waals surface area contributed by atoms with Crippen LogP contribution in [-0.4, -0.2) is 41.9 Å². The Labute approximate surface area is 151 Å². The monoisotopic (exact) mass is 400 g/mol. The molecule has 0 aliphatic heterocycles. The van der Waals surface area contributed by atoms with Crippen LogP contribution in [0.3, 0.4) is 0 Å². The van der Waals surface area contributed by atoms with Gasteiger partial charge in [0.1, 0.15) is 11.6 Å². The predicted molar refractivity (Wildman–Crippen MR) is 92.5 cm³/mol. The maximum Gasteiger partial charge on any atom is 0.425 e. The van der Waals surface area contributed by atoms with E-state index >= 15 is 0 Å². The molecule has 0 aliphatic rings. The first kappa shape index (κ1) is 26.1. The van der Waals surface area contributed by atoms with Gasteiger partial charge in [0, 0.05) is 25.7 Å². The molecule has 0 aromatic heterocycles. The molecule has 0 unspecified atom stereocenters. The summed E-state index contributed by atoms with van der Waals surface area (Å²) >= 11 is 0. The Kier molecular flexibility index (Phi) is 12.8. The Balaban J connectivity index is 0. The van der Waals surface area contributed by atoms with Gasteiger partial charge in [-0.1, -0.05) is 13.8 Å². The van der Waals surface area contributed by atoms with E-state index in [2.05, 4.69) is 13.8 Å². The maximum absolute atomic E-state index is 11.7. The molecule has 25 heavy (non-hydrogen) atoms. The standard InChI is InChI=1S/C15H28O5S.O3S/c1-12(2)8-9-13(16)6-5-7-14(17)10-11-15(3,4)21(18,19)20;1-4(2)3/h12H,5-11H2,1-4H3,(H,18,19,20);. The summed E-state index contributed by atoms with van der Waals surface area (Å²) in [6.07, 6.45) is 2.83. The van der Waals surface area contributed by atoms with Gasteiger partial charge in [0.05, 0.1) is 4.75 Å². The molecular weight excluding hydrogens is 372 g/mol. The third-order valence-electron chi connectivity index (χ3n) is 3.62. The molecule has 0 aromatic carbocycles. The first-order valence-corrected chi connectivity index (χ1v) is 10.4. The van der Waals surface area contributed by atoms with Gasteiger partial charge in [-0.25, -0.2) is 0 Å². The normalized spacial score (nSPS) is 11.6. The number of carbonyl (C=O) groups is 2. The molecule has 148 valence electrons. The molecular formula is C15H28O8S2. The fourth-order valence-corrected chi connectivity index (χ4v) is 2.11. The molecule has 0 saturated heterocycles. The highest BCUT2D eigenvalue weighted by molar-refractivity contribution is 7.87. The lowest BCUT2D eigenvalue weighted by Crippen LogP contribution is -2.31. The zero-order chi connectivity index (χ0) is 20.3. The minimum absolute atomic E-state index is 0.0663. The summed E-state index contributed by atoms with van der Waals surface area (Å²) in [5, 5.41) is 0. The molecule has 10 heteroatoms. The van der Waals surface area contributed by atoms with Gasteiger partial charge >= 0.3 is 10.6 Å². The zero-order valence-electron chi connectivity index (χ0n) is 15.1. The molecule has 8 nitrogen and oxygen atoms in total. The van der Waals surface area contributed by atoms with Crippen LogP contribution in [0, 0.1) is 5.92 Å². The Morgan fingerprint density at radius 1 is 0.960 bits per heavy atom. The molecule has 0 saturated carbocycles. The number of carbonyl (C=O) groups excluding carboxylic acids is 2. The van der Waals surface area contributed by atoms with Gasteiger partial charge in [0.2, 0.25) is 0 Å². The van der Waals surface area contributed by atoms with Crippen LogP contribution in [0.4, 0.5) is 0 Å². The summed E-state index contributed by atoms with van der Waals surface area (Å²) < 4.78 is 55.2. The molecule has 0 amide bonds. The van der Waals surface area contributed by atoms with Crippen molar-refractivity contribution < 1.29 is 35.2 Å². The average Bonchev–Trinajstić information content (AvgIpc) is 2.41. The number of ketones is 2. The fourth-order valence-electron chi connectivity index (χ4n) is 1.75. The van der Waals surface area contributed by atoms with E-state index in [0.717, 1.165) is 6.42 Å². The van der Waals surface area contributed by atoms with Crippen molar-refractivity contribution >= 4 is 32.3 Å². The quantitative estimate of drug-likeness (QED) is 0.520. The van der Waals surface area contributed by atoms with Crippen LogP contribution < -0.4 is 0 Å². The molecule has 0 bridgehead atoms. The van der Waals surface area contributed by atoms with Crippen molar-refractivity contribution in [1.29, 1.82) is 0 Å². The van der Waals surface area contributed by atoms with E-state index in [1.165, 1.54) is 13.8 Å². The smallest absolute Gasteiger partial charge is 0.300 e. The van der Waals surface area contributed by atoms with Crippen LogP contribution >= 0.6 is 0 Å². The SMILES string of the molecule is CC(C)CCC(=O)CCCC(=O)CCC(C)(C)S(=O)(=O)O.O=S(=O)=O. The Morgan fingerprint density at radius 2 is 1.36 bits per heavy atom. The zero-order valence-corrected chi connectivity index (χ0v) is 16.8. The van der Waals surface area contributed by atoms with Crippen LogP contribution in [0.2, 0.25) is 0 Å². The number of Topliss-reactive ketones (excluding diaryl/α,β-unsaturated/α-hetero) is 2. The molecule has 0 aromatic rings. The van der Waals surface area contributed by atoms with Crippen molar-refractivity contribution in [1.82, 2.24) is 0 Å². The first-order chi connectivity index (χ1) is 11.2. The van der Waals surface area contributed by atoms with Crippen LogP contribution in [0.25, 0.3) is 0 Å². The van der Waals surface area contributed by atoms with Crippen molar-refractivity contribution in [2.24, 2.45) is 5.92 Å². The third kappa shape index (κ3) is 16.1. The highest BCUT2D eigenvalue weighted by Crippen LogP contribution is 2.22. The van der Waals surface area contributed by atoms with E-state index in [9.17, 15) is 18.0 Å². The second kappa shape index (κ2) is 12.3. The van der Waals surface area contributed by atoms with E-state index in [1.54, 1.807) is 0 Å². The first-order valence-electron chi connectivity index (χ1n) is 7.96. The van der Waals surface area contributed by atoms with Gasteiger partial charge in [-0.2, -0.15) is 8.42 Å². The second-order valence-electron chi connectivity index (χ2n) is 6.80. The lowest BCUT2D eigenvalue weighted by Gasteiger charge is -2.19. The van der Waals surface area contributed by atoms with E-state index in [1.807, 2.05) is 0 Å². The van der Waals surface area contributed by atoms with Gasteiger partial charge < -0.3 is 0 Å². The topological polar surface area (TPSA) is 140 Å². The Morgan fingerprint density at radius 3 is 1.72 bits per heavy atom. The van der Waals surface area contributed by atoms with Gasteiger partial charge in [-0.05, 0) is 39.0 Å². The number of hydrogen-bond acceptors (Lipinski definition) is 7. The van der Waals surface area contributed by atoms with Crippen molar-refractivity contribution in [3.8, 4) is 0 Å². The van der Waals surface area contributed by atoms with Crippen LogP contribution in [0.15, 0.2) is 0 Å².